The number of amides is 1. The van der Waals surface area contributed by atoms with Gasteiger partial charge < -0.3 is 54.5 Å². The highest BCUT2D eigenvalue weighted by atomic mass is 16.7. The SMILES string of the molecule is COc1cccc2c1C(=O)c1c(O)c3c(c(O)c1C2=O)C[C@@](O)(C(=O)COC(=O)CCCCC(=O)O)C[C@@H]3OC1C[C@H](NC(=O)OCC2c3ccccc3-c3ccccc32)[C@H](O)[C@H](C)O1. The molecule has 17 nitrogen and oxygen atoms in total. The van der Waals surface area contributed by atoms with Crippen LogP contribution < -0.4 is 10.1 Å². The quantitative estimate of drug-likeness (QED) is 0.0498. The molecule has 340 valence electrons. The van der Waals surface area contributed by atoms with Crippen molar-refractivity contribution in [2.75, 3.05) is 20.3 Å². The van der Waals surface area contributed by atoms with Gasteiger partial charge in [0.1, 0.15) is 35.6 Å². The number of carbonyl (C=O) groups excluding carboxylic acids is 5. The van der Waals surface area contributed by atoms with Crippen molar-refractivity contribution < 1.29 is 78.0 Å². The number of rotatable bonds is 14. The van der Waals surface area contributed by atoms with Crippen molar-refractivity contribution in [2.45, 2.75) is 94.0 Å². The van der Waals surface area contributed by atoms with Gasteiger partial charge in [0.05, 0.1) is 42.0 Å². The van der Waals surface area contributed by atoms with Gasteiger partial charge in [-0.2, -0.15) is 0 Å². The topological polar surface area (TPSA) is 262 Å². The number of nitrogens with one attached hydrogen (secondary N) is 1. The first-order chi connectivity index (χ1) is 31.1. The van der Waals surface area contributed by atoms with Crippen molar-refractivity contribution in [2.24, 2.45) is 0 Å². The molecule has 17 heteroatoms. The van der Waals surface area contributed by atoms with E-state index in [1.54, 1.807) is 0 Å². The minimum atomic E-state index is -2.47. The first-order valence-corrected chi connectivity index (χ1v) is 21.2. The predicted molar refractivity (Wildman–Crippen MR) is 226 cm³/mol. The van der Waals surface area contributed by atoms with Gasteiger partial charge >= 0.3 is 18.0 Å². The summed E-state index contributed by atoms with van der Waals surface area (Å²) in [5.41, 5.74) is -0.371. The number of ether oxygens (including phenoxy) is 5. The first kappa shape index (κ1) is 44.9. The smallest absolute Gasteiger partial charge is 0.407 e. The number of benzene rings is 4. The number of unbranched alkanes of at least 4 members (excludes halogenated alkanes) is 1. The van der Waals surface area contributed by atoms with Crippen LogP contribution >= 0.6 is 0 Å². The number of phenolic OH excluding ortho intramolecular Hbond substituents is 2. The number of carbonyl (C=O) groups is 6. The summed E-state index contributed by atoms with van der Waals surface area (Å²) < 4.78 is 28.6. The molecule has 0 spiro atoms. The Morgan fingerprint density at radius 3 is 2.15 bits per heavy atom. The van der Waals surface area contributed by atoms with Crippen LogP contribution in [0.1, 0.15) is 112 Å². The summed E-state index contributed by atoms with van der Waals surface area (Å²) in [6, 6.07) is 18.9. The standard InChI is InChI=1S/C48H47NO16/c1-23-42(54)31(49-47(59)63-21-30-26-12-5-3-10-24(26)25-11-4-6-13-27(25)30)18-37(64-23)65-33-20-48(60,34(50)22-62-36(53)17-8-7-16-35(51)52)19-29-39(33)46(58)41-40(44(29)56)43(55)28-14-9-15-32(61-2)38(28)45(41)57/h3-6,9-15,23,30-31,33,37,42,54,56,58,60H,7-8,16-22H2,1-2H3,(H,49,59)(H,51,52)/t23-,31-,33-,37?,42+,48-/m0/s1. The maximum atomic E-state index is 14.2. The van der Waals surface area contributed by atoms with Gasteiger partial charge in [-0.3, -0.25) is 24.0 Å². The lowest BCUT2D eigenvalue weighted by atomic mass is 9.72. The fourth-order valence-corrected chi connectivity index (χ4v) is 9.40. The highest BCUT2D eigenvalue weighted by molar-refractivity contribution is 6.31. The van der Waals surface area contributed by atoms with E-state index in [2.05, 4.69) is 5.32 Å². The number of aliphatic hydroxyl groups is 2. The maximum absolute atomic E-state index is 14.2. The number of carboxylic acid groups (broad SMARTS) is 1. The molecule has 4 aliphatic rings. The van der Waals surface area contributed by atoms with E-state index in [-0.39, 0.29) is 72.6 Å². The predicted octanol–water partition coefficient (Wildman–Crippen LogP) is 4.78. The van der Waals surface area contributed by atoms with E-state index in [1.165, 1.54) is 32.2 Å². The van der Waals surface area contributed by atoms with Crippen LogP contribution in [0.15, 0.2) is 66.7 Å². The Morgan fingerprint density at radius 1 is 0.831 bits per heavy atom. The van der Waals surface area contributed by atoms with Crippen molar-refractivity contribution in [1.82, 2.24) is 5.32 Å². The number of aromatic hydroxyl groups is 2. The number of methoxy groups -OCH3 is 1. The Balaban J connectivity index is 1.05. The summed E-state index contributed by atoms with van der Waals surface area (Å²) in [4.78, 5) is 78.7. The van der Waals surface area contributed by atoms with E-state index in [4.69, 9.17) is 28.8 Å². The Bertz CT molecular complexity index is 2560. The number of ketones is 3. The molecular formula is C48H47NO16. The molecule has 1 unspecified atom stereocenters. The van der Waals surface area contributed by atoms with E-state index in [1.807, 2.05) is 48.5 Å². The second kappa shape index (κ2) is 18.1. The third kappa shape index (κ3) is 8.43. The molecule has 4 aromatic carbocycles. The molecule has 6 N–H and O–H groups in total. The van der Waals surface area contributed by atoms with Crippen molar-refractivity contribution in [3.05, 3.63) is 111 Å². The third-order valence-corrected chi connectivity index (χ3v) is 12.6. The number of carboxylic acids is 1. The minimum Gasteiger partial charge on any atom is -0.507 e. The molecule has 65 heavy (non-hydrogen) atoms. The number of aliphatic carboxylic acids is 1. The number of aliphatic hydroxyl groups excluding tert-OH is 1. The molecule has 0 bridgehead atoms. The molecule has 4 aromatic rings. The zero-order chi connectivity index (χ0) is 46.3. The number of esters is 1. The van der Waals surface area contributed by atoms with Gasteiger partial charge in [0.2, 0.25) is 11.6 Å². The van der Waals surface area contributed by atoms with Crippen LogP contribution in [0, 0.1) is 0 Å². The average Bonchev–Trinajstić information content (AvgIpc) is 3.61. The molecule has 1 fully saturated rings. The summed E-state index contributed by atoms with van der Waals surface area (Å²) in [5.74, 6) is -6.40. The van der Waals surface area contributed by atoms with E-state index < -0.39 is 114 Å². The van der Waals surface area contributed by atoms with Crippen molar-refractivity contribution >= 4 is 35.4 Å². The summed E-state index contributed by atoms with van der Waals surface area (Å²) in [6.45, 7) is 0.574. The van der Waals surface area contributed by atoms with Gasteiger partial charge in [0.15, 0.2) is 18.7 Å². The van der Waals surface area contributed by atoms with E-state index >= 15 is 0 Å². The molecule has 3 aliphatic carbocycles. The largest absolute Gasteiger partial charge is 0.507 e. The zero-order valence-corrected chi connectivity index (χ0v) is 35.4. The van der Waals surface area contributed by atoms with E-state index in [0.29, 0.717) is 0 Å². The van der Waals surface area contributed by atoms with Crippen LogP contribution in [0.25, 0.3) is 11.1 Å². The summed E-state index contributed by atoms with van der Waals surface area (Å²) in [5, 5.41) is 58.7. The van der Waals surface area contributed by atoms with Crippen LogP contribution in [0.4, 0.5) is 4.79 Å². The zero-order valence-electron chi connectivity index (χ0n) is 35.4. The molecule has 1 saturated heterocycles. The third-order valence-electron chi connectivity index (χ3n) is 12.6. The molecule has 0 radical (unpaired) electrons. The highest BCUT2D eigenvalue weighted by Gasteiger charge is 2.51. The van der Waals surface area contributed by atoms with Gasteiger partial charge in [-0.15, -0.1) is 0 Å². The number of hydrogen-bond acceptors (Lipinski definition) is 15. The second-order valence-corrected chi connectivity index (χ2v) is 16.7. The first-order valence-electron chi connectivity index (χ1n) is 21.2. The number of phenols is 2. The average molecular weight is 894 g/mol. The maximum Gasteiger partial charge on any atom is 0.407 e. The van der Waals surface area contributed by atoms with Crippen LogP contribution in [0.5, 0.6) is 17.2 Å². The monoisotopic (exact) mass is 893 g/mol. The Morgan fingerprint density at radius 2 is 1.48 bits per heavy atom. The normalized spacial score (nSPS) is 23.0. The molecule has 6 atom stereocenters. The van der Waals surface area contributed by atoms with Gasteiger partial charge in [0, 0.05) is 54.7 Å². The number of Topliss-reactive ketones (excluding diaryl/α,β-unsaturated/α-hetero) is 1. The number of fused-ring (bicyclic) bond motifs is 6. The fraction of sp³-hybridized carbons (Fsp3) is 0.375. The van der Waals surface area contributed by atoms with Crippen LogP contribution in [0.2, 0.25) is 0 Å². The lowest BCUT2D eigenvalue weighted by Gasteiger charge is -2.42. The number of alkyl carbamates (subject to hydrolysis) is 1. The summed E-state index contributed by atoms with van der Waals surface area (Å²) >= 11 is 0. The van der Waals surface area contributed by atoms with Crippen LogP contribution in [-0.4, -0.2) is 111 Å². The molecule has 1 heterocycles. The molecule has 0 saturated carbocycles. The van der Waals surface area contributed by atoms with Crippen molar-refractivity contribution in [3.8, 4) is 28.4 Å². The van der Waals surface area contributed by atoms with Crippen LogP contribution in [0.3, 0.4) is 0 Å². The van der Waals surface area contributed by atoms with Gasteiger partial charge in [-0.05, 0) is 48.1 Å². The lowest BCUT2D eigenvalue weighted by molar-refractivity contribution is -0.249. The number of hydrogen-bond donors (Lipinski definition) is 6. The van der Waals surface area contributed by atoms with Crippen LogP contribution in [-0.2, 0) is 39.8 Å². The highest BCUT2D eigenvalue weighted by Crippen LogP contribution is 2.53. The Labute approximate surface area is 371 Å². The van der Waals surface area contributed by atoms with Gasteiger partial charge in [-0.1, -0.05) is 60.7 Å². The summed E-state index contributed by atoms with van der Waals surface area (Å²) in [7, 11) is 1.29. The molecule has 0 aromatic heterocycles. The fourth-order valence-electron chi connectivity index (χ4n) is 9.40. The van der Waals surface area contributed by atoms with Gasteiger partial charge in [0.25, 0.3) is 0 Å². The van der Waals surface area contributed by atoms with Crippen molar-refractivity contribution in [3.63, 3.8) is 0 Å². The lowest BCUT2D eigenvalue weighted by Crippen LogP contribution is -2.56. The molecule has 1 amide bonds. The van der Waals surface area contributed by atoms with Crippen molar-refractivity contribution in [1.29, 1.82) is 0 Å². The summed E-state index contributed by atoms with van der Waals surface area (Å²) in [6.07, 6.45) is -7.61. The molecule has 1 aliphatic heterocycles. The second-order valence-electron chi connectivity index (χ2n) is 16.7. The van der Waals surface area contributed by atoms with Gasteiger partial charge in [-0.25, -0.2) is 4.79 Å². The minimum absolute atomic E-state index is 0.00910. The van der Waals surface area contributed by atoms with E-state index in [0.717, 1.165) is 22.3 Å². The molecular weight excluding hydrogens is 847 g/mol. The molecule has 8 rings (SSSR count). The van der Waals surface area contributed by atoms with E-state index in [9.17, 15) is 49.2 Å². The Kier molecular flexibility index (Phi) is 12.5. The Hall–Kier alpha value is -6.66.